The Kier molecular flexibility index (Phi) is 5.36. The van der Waals surface area contributed by atoms with Crippen molar-refractivity contribution in [1.82, 2.24) is 0 Å². The minimum absolute atomic E-state index is 0.237. The van der Waals surface area contributed by atoms with Crippen molar-refractivity contribution in [3.63, 3.8) is 0 Å². The average molecular weight is 296 g/mol. The largest absolute Gasteiger partial charge is 0.508 e. The second kappa shape index (κ2) is 7.45. The van der Waals surface area contributed by atoms with E-state index < -0.39 is 0 Å². The Morgan fingerprint density at radius 3 is 1.27 bits per heavy atom. The summed E-state index contributed by atoms with van der Waals surface area (Å²) in [6.07, 6.45) is 3.95. The number of rotatable bonds is 5. The number of phenols is 2. The molecule has 0 atom stereocenters. The lowest BCUT2D eigenvalue weighted by Gasteiger charge is -2.10. The van der Waals surface area contributed by atoms with Crippen LogP contribution in [0, 0.1) is 14.1 Å². The van der Waals surface area contributed by atoms with E-state index in [1.165, 1.54) is 0 Å². The van der Waals surface area contributed by atoms with Gasteiger partial charge in [0, 0.05) is 12.2 Å². The summed E-state index contributed by atoms with van der Waals surface area (Å²) >= 11 is 0. The van der Waals surface area contributed by atoms with Crippen molar-refractivity contribution in [2.75, 3.05) is 0 Å². The number of benzene rings is 2. The van der Waals surface area contributed by atoms with E-state index in [1.54, 1.807) is 34.9 Å². The molecule has 0 aliphatic rings. The van der Waals surface area contributed by atoms with Gasteiger partial charge in [-0.15, -0.1) is 14.1 Å². The van der Waals surface area contributed by atoms with Crippen LogP contribution in [0.4, 0.5) is 0 Å². The van der Waals surface area contributed by atoms with Crippen molar-refractivity contribution < 1.29 is 20.8 Å². The van der Waals surface area contributed by atoms with Gasteiger partial charge in [-0.2, -0.15) is 0 Å². The van der Waals surface area contributed by atoms with Crippen LogP contribution >= 0.6 is 0 Å². The van der Waals surface area contributed by atoms with Crippen LogP contribution in [0.25, 0.3) is 12.2 Å². The van der Waals surface area contributed by atoms with Crippen LogP contribution in [-0.2, 0) is 0 Å². The van der Waals surface area contributed by atoms with Crippen LogP contribution < -0.4 is 10.6 Å². The maximum Gasteiger partial charge on any atom is 0.163 e. The van der Waals surface area contributed by atoms with E-state index in [4.69, 9.17) is 0 Å². The molecule has 0 unspecified atom stereocenters. The predicted molar refractivity (Wildman–Crippen MR) is 86.7 cm³/mol. The van der Waals surface area contributed by atoms with Gasteiger partial charge in [0.1, 0.15) is 11.5 Å². The van der Waals surface area contributed by atoms with E-state index in [0.717, 1.165) is 22.5 Å². The van der Waals surface area contributed by atoms with Crippen LogP contribution in [0.2, 0.25) is 0 Å². The molecular weight excluding hydrogens is 276 g/mol. The summed E-state index contributed by atoms with van der Waals surface area (Å²) < 4.78 is 0. The molecule has 114 valence electrons. The summed E-state index contributed by atoms with van der Waals surface area (Å²) in [5, 5.41) is 22.2. The number of nitrogens with two attached hydrogens (primary N) is 2. The number of quaternary nitrogens is 2. The third-order valence-electron chi connectivity index (χ3n) is 3.20. The fourth-order valence-corrected chi connectivity index (χ4v) is 2.02. The number of hydrogen-bond acceptors (Lipinski definition) is 2. The second-order valence-corrected chi connectivity index (χ2v) is 4.79. The normalized spacial score (nSPS) is 12.5. The molecular formula is C18H20N2O2. The summed E-state index contributed by atoms with van der Waals surface area (Å²) in [5.41, 5.74) is 3.78. The fraction of sp³-hybridized carbons (Fsp3) is 0. The predicted octanol–water partition coefficient (Wildman–Crippen LogP) is 1.19. The number of phenolic OH excluding ortho intramolecular Hbond substituents is 2. The van der Waals surface area contributed by atoms with Gasteiger partial charge in [0.15, 0.2) is 11.4 Å². The highest BCUT2D eigenvalue weighted by Crippen LogP contribution is 2.15. The molecule has 2 aromatic carbocycles. The maximum atomic E-state index is 9.33. The zero-order chi connectivity index (χ0) is 15.9. The van der Waals surface area contributed by atoms with Crippen molar-refractivity contribution in [1.29, 1.82) is 0 Å². The van der Waals surface area contributed by atoms with E-state index in [0.29, 0.717) is 0 Å². The van der Waals surface area contributed by atoms with Gasteiger partial charge >= 0.3 is 0 Å². The molecule has 2 rings (SSSR count). The summed E-state index contributed by atoms with van der Waals surface area (Å²) in [6.45, 7) is 0. The summed E-state index contributed by atoms with van der Waals surface area (Å²) in [7, 11) is 7.71. The number of hydrogen-bond donors (Lipinski definition) is 4. The first kappa shape index (κ1) is 15.8. The lowest BCUT2D eigenvalue weighted by Crippen LogP contribution is -2.84. The quantitative estimate of drug-likeness (QED) is 0.494. The van der Waals surface area contributed by atoms with Gasteiger partial charge in [0.2, 0.25) is 0 Å². The van der Waals surface area contributed by atoms with Gasteiger partial charge in [-0.25, -0.2) is 0 Å². The molecule has 0 bridgehead atoms. The Morgan fingerprint density at radius 2 is 1.00 bits per heavy atom. The Balaban J connectivity index is 2.33. The zero-order valence-corrected chi connectivity index (χ0v) is 12.2. The average Bonchev–Trinajstić information content (AvgIpc) is 2.54. The molecule has 0 spiro atoms. The van der Waals surface area contributed by atoms with Crippen LogP contribution in [0.15, 0.2) is 59.9 Å². The molecule has 4 heteroatoms. The van der Waals surface area contributed by atoms with E-state index in [2.05, 4.69) is 14.1 Å². The minimum Gasteiger partial charge on any atom is -0.508 e. The molecule has 0 radical (unpaired) electrons. The zero-order valence-electron chi connectivity index (χ0n) is 12.2. The van der Waals surface area contributed by atoms with Crippen LogP contribution in [0.3, 0.4) is 0 Å². The van der Waals surface area contributed by atoms with Gasteiger partial charge in [0.25, 0.3) is 0 Å². The Hall–Kier alpha value is -2.56. The second-order valence-electron chi connectivity index (χ2n) is 4.79. The van der Waals surface area contributed by atoms with E-state index in [-0.39, 0.29) is 11.5 Å². The minimum atomic E-state index is 0.237. The van der Waals surface area contributed by atoms with Gasteiger partial charge in [0.05, 0.1) is 0 Å². The van der Waals surface area contributed by atoms with Crippen LogP contribution in [-0.4, -0.2) is 10.2 Å². The van der Waals surface area contributed by atoms with Gasteiger partial charge < -0.3 is 20.8 Å². The smallest absolute Gasteiger partial charge is 0.163 e. The monoisotopic (exact) mass is 296 g/mol. The molecule has 0 fully saturated rings. The third-order valence-corrected chi connectivity index (χ3v) is 3.20. The molecule has 0 heterocycles. The highest BCUT2D eigenvalue weighted by molar-refractivity contribution is 5.61. The lowest BCUT2D eigenvalue weighted by atomic mass is 10.1. The molecule has 0 saturated heterocycles. The highest BCUT2D eigenvalue weighted by atomic mass is 16.3. The van der Waals surface area contributed by atoms with E-state index in [1.807, 2.05) is 36.4 Å². The van der Waals surface area contributed by atoms with Gasteiger partial charge in [-0.1, -0.05) is 24.3 Å². The highest BCUT2D eigenvalue weighted by Gasteiger charge is 2.07. The Morgan fingerprint density at radius 1 is 0.682 bits per heavy atom. The first-order valence-corrected chi connectivity index (χ1v) is 6.89. The van der Waals surface area contributed by atoms with Crippen molar-refractivity contribution in [2.45, 2.75) is 0 Å². The maximum absolute atomic E-state index is 9.33. The first-order chi connectivity index (χ1) is 10.6. The fourth-order valence-electron chi connectivity index (χ4n) is 2.02. The molecule has 6 N–H and O–H groups in total. The Labute approximate surface area is 130 Å². The molecule has 4 nitrogen and oxygen atoms in total. The molecule has 0 aliphatic heterocycles. The molecule has 0 amide bonds. The Bertz CT molecular complexity index is 610. The van der Waals surface area contributed by atoms with Crippen LogP contribution in [0.5, 0.6) is 11.5 Å². The van der Waals surface area contributed by atoms with Crippen molar-refractivity contribution in [3.8, 4) is 11.5 Å². The topological polar surface area (TPSA) is 73.7 Å². The molecule has 0 saturated carbocycles. The van der Waals surface area contributed by atoms with Gasteiger partial charge in [-0.05, 0) is 35.4 Å². The van der Waals surface area contributed by atoms with Crippen molar-refractivity contribution in [3.05, 3.63) is 85.1 Å². The third kappa shape index (κ3) is 4.22. The SMILES string of the molecule is [CH2-][NH2+]C(=Cc1ccc(O)cc1)C(=Cc1ccc(O)cc1)[NH2+][CH2-]. The standard InChI is InChI=1S/C18H20N2O2/c1-19-17(11-13-3-7-15(21)8-4-13)18(20-2)12-14-5-9-16(22)10-6-14/h3-12,21-22H,1-2,19-20H2. The van der Waals surface area contributed by atoms with Crippen LogP contribution in [0.1, 0.15) is 11.1 Å². The summed E-state index contributed by atoms with van der Waals surface area (Å²) in [6, 6.07) is 13.9. The summed E-state index contributed by atoms with van der Waals surface area (Å²) in [4.78, 5) is 0. The number of aromatic hydroxyl groups is 2. The molecule has 0 aromatic heterocycles. The molecule has 0 aliphatic carbocycles. The van der Waals surface area contributed by atoms with E-state index >= 15 is 0 Å². The lowest BCUT2D eigenvalue weighted by molar-refractivity contribution is -0.594. The summed E-state index contributed by atoms with van der Waals surface area (Å²) in [5.74, 6) is 0.474. The first-order valence-electron chi connectivity index (χ1n) is 6.89. The van der Waals surface area contributed by atoms with E-state index in [9.17, 15) is 10.2 Å². The van der Waals surface area contributed by atoms with Crippen molar-refractivity contribution in [2.24, 2.45) is 0 Å². The molecule has 22 heavy (non-hydrogen) atoms. The molecule has 2 aromatic rings. The van der Waals surface area contributed by atoms with Crippen molar-refractivity contribution >= 4 is 12.2 Å². The van der Waals surface area contributed by atoms with Gasteiger partial charge in [-0.3, -0.25) is 0 Å².